The van der Waals surface area contributed by atoms with Gasteiger partial charge >= 0.3 is 0 Å². The van der Waals surface area contributed by atoms with Crippen LogP contribution in [0.3, 0.4) is 0 Å². The van der Waals surface area contributed by atoms with Crippen LogP contribution in [0.1, 0.15) is 15.9 Å². The molecule has 0 fully saturated rings. The topological polar surface area (TPSA) is 75.4 Å². The molecule has 0 unspecified atom stereocenters. The predicted molar refractivity (Wildman–Crippen MR) is 135 cm³/mol. The SMILES string of the molecule is Cc1cc(-c2nc3cccnn3c2-c2ccnc(NC(=O)c3ccc(N(C)C)cc3)c2)ccc1F. The van der Waals surface area contributed by atoms with Crippen LogP contribution in [0.2, 0.25) is 0 Å². The highest BCUT2D eigenvalue weighted by Crippen LogP contribution is 2.33. The van der Waals surface area contributed by atoms with E-state index in [0.29, 0.717) is 28.3 Å². The zero-order valence-electron chi connectivity index (χ0n) is 19.5. The van der Waals surface area contributed by atoms with Crippen LogP contribution in [0.5, 0.6) is 0 Å². The number of anilines is 2. The molecule has 2 aromatic carbocycles. The lowest BCUT2D eigenvalue weighted by atomic mass is 10.0. The molecule has 0 saturated heterocycles. The third-order valence-corrected chi connectivity index (χ3v) is 5.75. The third-order valence-electron chi connectivity index (χ3n) is 5.75. The second-order valence-electron chi connectivity index (χ2n) is 8.39. The molecule has 5 aromatic rings. The van der Waals surface area contributed by atoms with Crippen LogP contribution < -0.4 is 10.2 Å². The summed E-state index contributed by atoms with van der Waals surface area (Å²) in [7, 11) is 3.89. The van der Waals surface area contributed by atoms with E-state index in [0.717, 1.165) is 22.5 Å². The van der Waals surface area contributed by atoms with E-state index in [4.69, 9.17) is 4.98 Å². The van der Waals surface area contributed by atoms with Gasteiger partial charge in [-0.1, -0.05) is 0 Å². The highest BCUT2D eigenvalue weighted by Gasteiger charge is 2.18. The number of aromatic nitrogens is 4. The van der Waals surface area contributed by atoms with Gasteiger partial charge in [-0.3, -0.25) is 4.79 Å². The smallest absolute Gasteiger partial charge is 0.256 e. The number of benzene rings is 2. The molecule has 1 amide bonds. The molecule has 8 heteroatoms. The molecule has 5 rings (SSSR count). The number of pyridine rings is 1. The molecule has 3 aromatic heterocycles. The summed E-state index contributed by atoms with van der Waals surface area (Å²) in [4.78, 5) is 23.9. The number of halogens is 1. The number of amides is 1. The molecule has 0 aliphatic heterocycles. The molecular formula is C27H23FN6O. The van der Waals surface area contributed by atoms with E-state index in [2.05, 4.69) is 15.4 Å². The Bertz CT molecular complexity index is 1540. The quantitative estimate of drug-likeness (QED) is 0.384. The summed E-state index contributed by atoms with van der Waals surface area (Å²) in [5.74, 6) is -0.133. The first-order valence-electron chi connectivity index (χ1n) is 11.1. The van der Waals surface area contributed by atoms with Crippen molar-refractivity contribution in [3.63, 3.8) is 0 Å². The zero-order chi connectivity index (χ0) is 24.5. The minimum atomic E-state index is -0.273. The number of fused-ring (bicyclic) bond motifs is 1. The molecule has 7 nitrogen and oxygen atoms in total. The van der Waals surface area contributed by atoms with Crippen LogP contribution in [0.15, 0.2) is 79.1 Å². The first kappa shape index (κ1) is 22.2. The van der Waals surface area contributed by atoms with E-state index < -0.39 is 0 Å². The van der Waals surface area contributed by atoms with Crippen LogP contribution >= 0.6 is 0 Å². The summed E-state index contributed by atoms with van der Waals surface area (Å²) in [6, 6.07) is 19.5. The fourth-order valence-electron chi connectivity index (χ4n) is 3.89. The van der Waals surface area contributed by atoms with Crippen molar-refractivity contribution in [2.45, 2.75) is 6.92 Å². The highest BCUT2D eigenvalue weighted by molar-refractivity contribution is 6.04. The van der Waals surface area contributed by atoms with Crippen LogP contribution in [-0.4, -0.2) is 39.6 Å². The van der Waals surface area contributed by atoms with E-state index in [9.17, 15) is 9.18 Å². The first-order valence-corrected chi connectivity index (χ1v) is 11.1. The van der Waals surface area contributed by atoms with Crippen LogP contribution in [-0.2, 0) is 0 Å². The number of carbonyl (C=O) groups is 1. The molecule has 0 aliphatic rings. The Morgan fingerprint density at radius 3 is 2.51 bits per heavy atom. The Morgan fingerprint density at radius 2 is 1.77 bits per heavy atom. The van der Waals surface area contributed by atoms with Crippen molar-refractivity contribution in [1.82, 2.24) is 19.6 Å². The second-order valence-corrected chi connectivity index (χ2v) is 8.39. The Hall–Kier alpha value is -4.59. The average Bonchev–Trinajstić information content (AvgIpc) is 3.25. The fourth-order valence-corrected chi connectivity index (χ4v) is 3.89. The number of carbonyl (C=O) groups excluding carboxylic acids is 1. The molecule has 0 aliphatic carbocycles. The van der Waals surface area contributed by atoms with Gasteiger partial charge < -0.3 is 10.2 Å². The molecule has 0 atom stereocenters. The first-order chi connectivity index (χ1) is 16.9. The lowest BCUT2D eigenvalue weighted by Gasteiger charge is -2.12. The summed E-state index contributed by atoms with van der Waals surface area (Å²) in [6.07, 6.45) is 3.31. The van der Waals surface area contributed by atoms with Gasteiger partial charge in [-0.25, -0.2) is 18.9 Å². The van der Waals surface area contributed by atoms with Gasteiger partial charge in [0.2, 0.25) is 0 Å². The maximum Gasteiger partial charge on any atom is 0.256 e. The van der Waals surface area contributed by atoms with Crippen molar-refractivity contribution >= 4 is 23.1 Å². The molecule has 1 N–H and O–H groups in total. The number of nitrogens with one attached hydrogen (secondary N) is 1. The Labute approximate surface area is 201 Å². The van der Waals surface area contributed by atoms with E-state index in [1.165, 1.54) is 6.07 Å². The summed E-state index contributed by atoms with van der Waals surface area (Å²) >= 11 is 0. The number of aryl methyl sites for hydroxylation is 1. The predicted octanol–water partition coefficient (Wildman–Crippen LogP) is 5.22. The molecule has 35 heavy (non-hydrogen) atoms. The summed E-state index contributed by atoms with van der Waals surface area (Å²) in [5, 5.41) is 7.34. The lowest BCUT2D eigenvalue weighted by Crippen LogP contribution is -2.14. The van der Waals surface area contributed by atoms with Crippen LogP contribution in [0, 0.1) is 12.7 Å². The molecule has 0 saturated carbocycles. The monoisotopic (exact) mass is 466 g/mol. The largest absolute Gasteiger partial charge is 0.378 e. The van der Waals surface area contributed by atoms with Gasteiger partial charge in [0.15, 0.2) is 5.65 Å². The van der Waals surface area contributed by atoms with Crippen molar-refractivity contribution in [3.05, 3.63) is 96.1 Å². The fraction of sp³-hybridized carbons (Fsp3) is 0.111. The van der Waals surface area contributed by atoms with Gasteiger partial charge in [-0.2, -0.15) is 5.10 Å². The minimum Gasteiger partial charge on any atom is -0.378 e. The molecule has 0 bridgehead atoms. The van der Waals surface area contributed by atoms with Gasteiger partial charge in [-0.15, -0.1) is 0 Å². The molecule has 3 heterocycles. The van der Waals surface area contributed by atoms with Crippen molar-refractivity contribution < 1.29 is 9.18 Å². The molecule has 0 spiro atoms. The molecule has 0 radical (unpaired) electrons. The molecule has 174 valence electrons. The van der Waals surface area contributed by atoms with E-state index in [1.54, 1.807) is 54.2 Å². The zero-order valence-corrected chi connectivity index (χ0v) is 19.5. The maximum atomic E-state index is 13.9. The molecular weight excluding hydrogens is 443 g/mol. The van der Waals surface area contributed by atoms with E-state index >= 15 is 0 Å². The van der Waals surface area contributed by atoms with Crippen LogP contribution in [0.4, 0.5) is 15.9 Å². The number of rotatable bonds is 5. The number of nitrogens with zero attached hydrogens (tertiary/aromatic N) is 5. The third kappa shape index (κ3) is 4.33. The van der Waals surface area contributed by atoms with Gasteiger partial charge in [0.25, 0.3) is 5.91 Å². The van der Waals surface area contributed by atoms with E-state index in [1.807, 2.05) is 49.3 Å². The number of hydrogen-bond acceptors (Lipinski definition) is 5. The van der Waals surface area contributed by atoms with Gasteiger partial charge in [-0.05, 0) is 79.2 Å². The minimum absolute atomic E-state index is 0.259. The summed E-state index contributed by atoms with van der Waals surface area (Å²) < 4.78 is 15.7. The van der Waals surface area contributed by atoms with Crippen molar-refractivity contribution in [2.75, 3.05) is 24.3 Å². The standard InChI is InChI=1S/C27H23FN6O/c1-17-15-19(8-11-22(17)28)25-26(34-24(32-25)5-4-13-30-34)20-12-14-29-23(16-20)31-27(35)18-6-9-21(10-7-18)33(2)3/h4-16H,1-3H3,(H,29,31,35). The summed E-state index contributed by atoms with van der Waals surface area (Å²) in [5.41, 5.74) is 5.64. The van der Waals surface area contributed by atoms with Gasteiger partial charge in [0, 0.05) is 48.9 Å². The lowest BCUT2D eigenvalue weighted by molar-refractivity contribution is 0.102. The Kier molecular flexibility index (Phi) is 5.70. The number of imidazole rings is 1. The maximum absolute atomic E-state index is 13.9. The number of hydrogen-bond donors (Lipinski definition) is 1. The van der Waals surface area contributed by atoms with Crippen LogP contribution in [0.25, 0.3) is 28.2 Å². The normalized spacial score (nSPS) is 11.0. The van der Waals surface area contributed by atoms with Gasteiger partial charge in [0.05, 0.1) is 5.69 Å². The van der Waals surface area contributed by atoms with Crippen molar-refractivity contribution in [3.8, 4) is 22.5 Å². The van der Waals surface area contributed by atoms with Gasteiger partial charge in [0.1, 0.15) is 17.3 Å². The summed E-state index contributed by atoms with van der Waals surface area (Å²) in [6.45, 7) is 1.72. The Balaban J connectivity index is 1.53. The van der Waals surface area contributed by atoms with E-state index in [-0.39, 0.29) is 11.7 Å². The van der Waals surface area contributed by atoms with Crippen molar-refractivity contribution in [1.29, 1.82) is 0 Å². The average molecular weight is 467 g/mol. The van der Waals surface area contributed by atoms with Crippen molar-refractivity contribution in [2.24, 2.45) is 0 Å². The highest BCUT2D eigenvalue weighted by atomic mass is 19.1. The second kappa shape index (κ2) is 8.98. The Morgan fingerprint density at radius 1 is 0.971 bits per heavy atom.